The fraction of sp³-hybridized carbons (Fsp3) is 0.692. The third-order valence-corrected chi connectivity index (χ3v) is 3.65. The van der Waals surface area contributed by atoms with E-state index in [2.05, 4.69) is 5.10 Å². The van der Waals surface area contributed by atoms with E-state index in [0.29, 0.717) is 31.6 Å². The van der Waals surface area contributed by atoms with Crippen molar-refractivity contribution in [2.75, 3.05) is 19.6 Å². The molecule has 6 nitrogen and oxygen atoms in total. The number of nitrogens with two attached hydrogens (primary N) is 1. The van der Waals surface area contributed by atoms with Crippen molar-refractivity contribution in [3.8, 4) is 0 Å². The molecule has 1 aromatic rings. The second-order valence-electron chi connectivity index (χ2n) is 5.48. The van der Waals surface area contributed by atoms with Gasteiger partial charge < -0.3 is 15.7 Å². The maximum absolute atomic E-state index is 12.4. The molecule has 2 rings (SSSR count). The van der Waals surface area contributed by atoms with Crippen molar-refractivity contribution in [3.63, 3.8) is 0 Å². The van der Waals surface area contributed by atoms with Crippen LogP contribution in [0.5, 0.6) is 0 Å². The van der Waals surface area contributed by atoms with E-state index in [1.807, 2.05) is 11.6 Å². The third-order valence-electron chi connectivity index (χ3n) is 3.65. The Morgan fingerprint density at radius 3 is 2.95 bits per heavy atom. The molecular weight excluding hydrogens is 244 g/mol. The van der Waals surface area contributed by atoms with Gasteiger partial charge in [0.2, 0.25) is 0 Å². The summed E-state index contributed by atoms with van der Waals surface area (Å²) in [6.45, 7) is 5.98. The Morgan fingerprint density at radius 2 is 2.37 bits per heavy atom. The van der Waals surface area contributed by atoms with Gasteiger partial charge in [-0.15, -0.1) is 0 Å². The van der Waals surface area contributed by atoms with Crippen molar-refractivity contribution in [1.82, 2.24) is 14.7 Å². The van der Waals surface area contributed by atoms with Crippen molar-refractivity contribution < 1.29 is 9.90 Å². The molecule has 0 aromatic carbocycles. The Morgan fingerprint density at radius 1 is 1.63 bits per heavy atom. The van der Waals surface area contributed by atoms with Gasteiger partial charge in [-0.2, -0.15) is 5.10 Å². The summed E-state index contributed by atoms with van der Waals surface area (Å²) in [7, 11) is 0. The number of rotatable bonds is 4. The Bertz CT molecular complexity index is 467. The fourth-order valence-electron chi connectivity index (χ4n) is 2.41. The largest absolute Gasteiger partial charge is 0.388 e. The zero-order chi connectivity index (χ0) is 14.0. The molecule has 0 bridgehead atoms. The number of aryl methyl sites for hydroxylation is 1. The average Bonchev–Trinajstić information content (AvgIpc) is 2.89. The standard InChI is InChI=1S/C13H22N4O2/c1-10-11(8-15-17(10)6-3-5-14)12(18)16-7-4-13(2,19)9-16/h8,19H,3-7,9,14H2,1-2H3. The molecule has 3 N–H and O–H groups in total. The number of carbonyl (C=O) groups excluding carboxylic acids is 1. The van der Waals surface area contributed by atoms with Gasteiger partial charge in [-0.05, 0) is 33.2 Å². The summed E-state index contributed by atoms with van der Waals surface area (Å²) >= 11 is 0. The van der Waals surface area contributed by atoms with E-state index >= 15 is 0 Å². The summed E-state index contributed by atoms with van der Waals surface area (Å²) in [6, 6.07) is 0. The topological polar surface area (TPSA) is 84.4 Å². The van der Waals surface area contributed by atoms with Crippen molar-refractivity contribution in [1.29, 1.82) is 0 Å². The highest BCUT2D eigenvalue weighted by atomic mass is 16.3. The number of carbonyl (C=O) groups is 1. The van der Waals surface area contributed by atoms with Crippen LogP contribution in [0.1, 0.15) is 35.8 Å². The molecule has 1 unspecified atom stereocenters. The Kier molecular flexibility index (Phi) is 3.91. The monoisotopic (exact) mass is 266 g/mol. The molecule has 1 atom stereocenters. The van der Waals surface area contributed by atoms with Crippen molar-refractivity contribution in [3.05, 3.63) is 17.5 Å². The molecule has 1 amide bonds. The van der Waals surface area contributed by atoms with E-state index in [4.69, 9.17) is 5.73 Å². The van der Waals surface area contributed by atoms with Crippen LogP contribution in [0.2, 0.25) is 0 Å². The summed E-state index contributed by atoms with van der Waals surface area (Å²) in [5, 5.41) is 14.2. The van der Waals surface area contributed by atoms with Crippen LogP contribution in [0.25, 0.3) is 0 Å². The van der Waals surface area contributed by atoms with Gasteiger partial charge in [-0.25, -0.2) is 0 Å². The molecule has 0 radical (unpaired) electrons. The minimum absolute atomic E-state index is 0.0470. The number of hydrogen-bond acceptors (Lipinski definition) is 4. The van der Waals surface area contributed by atoms with Crippen LogP contribution in [-0.4, -0.2) is 50.9 Å². The second kappa shape index (κ2) is 5.30. The lowest BCUT2D eigenvalue weighted by Gasteiger charge is -2.18. The molecular formula is C13H22N4O2. The zero-order valence-electron chi connectivity index (χ0n) is 11.6. The third kappa shape index (κ3) is 2.96. The molecule has 1 aliphatic heterocycles. The molecule has 106 valence electrons. The van der Waals surface area contributed by atoms with Gasteiger partial charge in [0, 0.05) is 25.3 Å². The van der Waals surface area contributed by atoms with Crippen molar-refractivity contribution >= 4 is 5.91 Å². The van der Waals surface area contributed by atoms with Crippen LogP contribution in [0.3, 0.4) is 0 Å². The Labute approximate surface area is 113 Å². The minimum Gasteiger partial charge on any atom is -0.388 e. The molecule has 6 heteroatoms. The van der Waals surface area contributed by atoms with Crippen molar-refractivity contribution in [2.24, 2.45) is 5.73 Å². The summed E-state index contributed by atoms with van der Waals surface area (Å²) in [6.07, 6.45) is 3.08. The Balaban J connectivity index is 2.10. The number of likely N-dealkylation sites (tertiary alicyclic amines) is 1. The Hall–Kier alpha value is -1.40. The first-order chi connectivity index (χ1) is 8.94. The summed E-state index contributed by atoms with van der Waals surface area (Å²) in [5.74, 6) is -0.0470. The average molecular weight is 266 g/mol. The molecule has 1 aromatic heterocycles. The lowest BCUT2D eigenvalue weighted by atomic mass is 10.1. The summed E-state index contributed by atoms with van der Waals surface area (Å²) in [4.78, 5) is 14.1. The second-order valence-corrected chi connectivity index (χ2v) is 5.48. The predicted molar refractivity (Wildman–Crippen MR) is 71.8 cm³/mol. The van der Waals surface area contributed by atoms with Gasteiger partial charge in [0.15, 0.2) is 0 Å². The van der Waals surface area contributed by atoms with E-state index in [1.165, 1.54) is 0 Å². The molecule has 0 aliphatic carbocycles. The van der Waals surface area contributed by atoms with Gasteiger partial charge in [-0.1, -0.05) is 0 Å². The molecule has 0 spiro atoms. The lowest BCUT2D eigenvalue weighted by molar-refractivity contribution is 0.0571. The highest BCUT2D eigenvalue weighted by Gasteiger charge is 2.35. The predicted octanol–water partition coefficient (Wildman–Crippen LogP) is 0.137. The van der Waals surface area contributed by atoms with Crippen LogP contribution >= 0.6 is 0 Å². The van der Waals surface area contributed by atoms with Crippen LogP contribution in [0, 0.1) is 6.92 Å². The first-order valence-electron chi connectivity index (χ1n) is 6.69. The molecule has 2 heterocycles. The summed E-state index contributed by atoms with van der Waals surface area (Å²) < 4.78 is 1.81. The molecule has 1 fully saturated rings. The van der Waals surface area contributed by atoms with Gasteiger partial charge in [0.1, 0.15) is 0 Å². The highest BCUT2D eigenvalue weighted by Crippen LogP contribution is 2.23. The van der Waals surface area contributed by atoms with Gasteiger partial charge in [0.05, 0.1) is 17.4 Å². The normalized spacial score (nSPS) is 23.1. The quantitative estimate of drug-likeness (QED) is 0.811. The number of β-amino-alcohol motifs (C(OH)–C–C–N with tert-alkyl or cyclic N) is 1. The lowest BCUT2D eigenvalue weighted by Crippen LogP contribution is -2.34. The highest BCUT2D eigenvalue weighted by molar-refractivity contribution is 5.95. The van der Waals surface area contributed by atoms with Crippen LogP contribution in [0.15, 0.2) is 6.20 Å². The number of hydrogen-bond donors (Lipinski definition) is 2. The number of aromatic nitrogens is 2. The molecule has 19 heavy (non-hydrogen) atoms. The summed E-state index contributed by atoms with van der Waals surface area (Å²) in [5.41, 5.74) is 6.20. The van der Waals surface area contributed by atoms with E-state index in [1.54, 1.807) is 18.0 Å². The smallest absolute Gasteiger partial charge is 0.257 e. The number of aliphatic hydroxyl groups is 1. The molecule has 1 aliphatic rings. The SMILES string of the molecule is Cc1c(C(=O)N2CCC(C)(O)C2)cnn1CCCN. The molecule has 1 saturated heterocycles. The van der Waals surface area contributed by atoms with Gasteiger partial charge in [0.25, 0.3) is 5.91 Å². The maximum Gasteiger partial charge on any atom is 0.257 e. The first kappa shape index (κ1) is 14.0. The van der Waals surface area contributed by atoms with Gasteiger partial charge in [-0.3, -0.25) is 9.48 Å². The number of amides is 1. The van der Waals surface area contributed by atoms with Crippen LogP contribution in [0.4, 0.5) is 0 Å². The van der Waals surface area contributed by atoms with E-state index in [0.717, 1.165) is 18.7 Å². The maximum atomic E-state index is 12.4. The zero-order valence-corrected chi connectivity index (χ0v) is 11.6. The van der Waals surface area contributed by atoms with E-state index < -0.39 is 5.60 Å². The fourth-order valence-corrected chi connectivity index (χ4v) is 2.41. The van der Waals surface area contributed by atoms with E-state index in [9.17, 15) is 9.90 Å². The first-order valence-corrected chi connectivity index (χ1v) is 6.69. The van der Waals surface area contributed by atoms with Crippen molar-refractivity contribution in [2.45, 2.75) is 38.8 Å². The number of nitrogens with zero attached hydrogens (tertiary/aromatic N) is 3. The van der Waals surface area contributed by atoms with Crippen LogP contribution in [-0.2, 0) is 6.54 Å². The van der Waals surface area contributed by atoms with Crippen LogP contribution < -0.4 is 5.73 Å². The van der Waals surface area contributed by atoms with Gasteiger partial charge >= 0.3 is 0 Å². The van der Waals surface area contributed by atoms with E-state index in [-0.39, 0.29) is 5.91 Å². The molecule has 0 saturated carbocycles. The minimum atomic E-state index is -0.765.